The number of aliphatic hydroxyl groups is 2. The van der Waals surface area contributed by atoms with E-state index >= 15 is 0 Å². The van der Waals surface area contributed by atoms with Crippen molar-refractivity contribution in [3.63, 3.8) is 0 Å². The van der Waals surface area contributed by atoms with E-state index in [-0.39, 0.29) is 12.2 Å². The van der Waals surface area contributed by atoms with Crippen molar-refractivity contribution < 1.29 is 10.2 Å². The van der Waals surface area contributed by atoms with Crippen molar-refractivity contribution in [2.24, 2.45) is 0 Å². The molecule has 2 saturated carbocycles. The van der Waals surface area contributed by atoms with Crippen molar-refractivity contribution >= 4 is 11.8 Å². The van der Waals surface area contributed by atoms with E-state index in [4.69, 9.17) is 0 Å². The first kappa shape index (κ1) is 11.7. The van der Waals surface area contributed by atoms with Gasteiger partial charge >= 0.3 is 0 Å². The lowest BCUT2D eigenvalue weighted by atomic mass is 9.97. The molecular formula is C12H22O2S. The van der Waals surface area contributed by atoms with E-state index < -0.39 is 0 Å². The van der Waals surface area contributed by atoms with Gasteiger partial charge in [-0.15, -0.1) is 0 Å². The largest absolute Gasteiger partial charge is 0.393 e. The van der Waals surface area contributed by atoms with E-state index in [0.29, 0.717) is 10.5 Å². The van der Waals surface area contributed by atoms with Gasteiger partial charge in [-0.05, 0) is 51.4 Å². The Bertz CT molecular complexity index is 178. The molecule has 2 N–H and O–H groups in total. The molecule has 3 heteroatoms. The van der Waals surface area contributed by atoms with E-state index in [1.54, 1.807) is 0 Å². The van der Waals surface area contributed by atoms with Crippen molar-refractivity contribution in [3.05, 3.63) is 0 Å². The highest BCUT2D eigenvalue weighted by molar-refractivity contribution is 8.00. The highest BCUT2D eigenvalue weighted by Gasteiger charge is 2.26. The first-order chi connectivity index (χ1) is 7.24. The second-order valence-electron chi connectivity index (χ2n) is 5.02. The minimum atomic E-state index is -0.0650. The van der Waals surface area contributed by atoms with Crippen molar-refractivity contribution in [2.75, 3.05) is 0 Å². The Balaban J connectivity index is 1.75. The fourth-order valence-corrected chi connectivity index (χ4v) is 4.58. The van der Waals surface area contributed by atoms with Crippen molar-refractivity contribution in [2.45, 2.75) is 74.1 Å². The predicted octanol–water partition coefficient (Wildman–Crippen LogP) is 2.33. The first-order valence-corrected chi connectivity index (χ1v) is 7.20. The molecule has 0 spiro atoms. The monoisotopic (exact) mass is 230 g/mol. The van der Waals surface area contributed by atoms with Gasteiger partial charge in [0.15, 0.2) is 0 Å². The molecule has 0 aromatic rings. The molecule has 0 heterocycles. The molecule has 2 nitrogen and oxygen atoms in total. The van der Waals surface area contributed by atoms with Crippen LogP contribution in [0.5, 0.6) is 0 Å². The van der Waals surface area contributed by atoms with Crippen LogP contribution < -0.4 is 0 Å². The second kappa shape index (κ2) is 5.55. The predicted molar refractivity (Wildman–Crippen MR) is 64.1 cm³/mol. The maximum Gasteiger partial charge on any atom is 0.0550 e. The fourth-order valence-electron chi connectivity index (χ4n) is 2.76. The summed E-state index contributed by atoms with van der Waals surface area (Å²) < 4.78 is 0. The molecule has 0 aromatic carbocycles. The third-order valence-corrected chi connectivity index (χ3v) is 5.21. The normalized spacial score (nSPS) is 42.8. The second-order valence-corrected chi connectivity index (χ2v) is 6.63. The van der Waals surface area contributed by atoms with Gasteiger partial charge in [-0.1, -0.05) is 0 Å². The molecule has 2 fully saturated rings. The van der Waals surface area contributed by atoms with Gasteiger partial charge in [0.25, 0.3) is 0 Å². The zero-order valence-corrected chi connectivity index (χ0v) is 10.1. The summed E-state index contributed by atoms with van der Waals surface area (Å²) in [5.41, 5.74) is 0. The van der Waals surface area contributed by atoms with E-state index in [2.05, 4.69) is 0 Å². The Labute approximate surface area is 96.5 Å². The first-order valence-electron chi connectivity index (χ1n) is 6.25. The Hall–Kier alpha value is 0.270. The van der Waals surface area contributed by atoms with Crippen LogP contribution in [-0.2, 0) is 0 Å². The zero-order valence-electron chi connectivity index (χ0n) is 9.27. The van der Waals surface area contributed by atoms with E-state index in [1.807, 2.05) is 11.8 Å². The maximum atomic E-state index is 9.60. The summed E-state index contributed by atoms with van der Waals surface area (Å²) in [5, 5.41) is 20.5. The van der Waals surface area contributed by atoms with Crippen LogP contribution in [0.15, 0.2) is 0 Å². The summed E-state index contributed by atoms with van der Waals surface area (Å²) in [6.45, 7) is 0. The standard InChI is InChI=1S/C12H22O2S/c13-9-3-1-5-11(7-9)15-12-6-2-4-10(14)8-12/h9-14H,1-8H2. The van der Waals surface area contributed by atoms with Gasteiger partial charge in [-0.2, -0.15) is 11.8 Å². The van der Waals surface area contributed by atoms with Crippen LogP contribution in [-0.4, -0.2) is 32.9 Å². The molecule has 15 heavy (non-hydrogen) atoms. The van der Waals surface area contributed by atoms with Crippen LogP contribution in [0.4, 0.5) is 0 Å². The van der Waals surface area contributed by atoms with Crippen LogP contribution in [0.1, 0.15) is 51.4 Å². The lowest BCUT2D eigenvalue weighted by Crippen LogP contribution is -2.27. The minimum Gasteiger partial charge on any atom is -0.393 e. The molecule has 0 bridgehead atoms. The third kappa shape index (κ3) is 3.65. The third-order valence-electron chi connectivity index (χ3n) is 3.58. The van der Waals surface area contributed by atoms with Crippen molar-refractivity contribution in [1.82, 2.24) is 0 Å². The zero-order chi connectivity index (χ0) is 10.7. The number of aliphatic hydroxyl groups excluding tert-OH is 2. The molecule has 0 saturated heterocycles. The lowest BCUT2D eigenvalue weighted by Gasteiger charge is -2.32. The van der Waals surface area contributed by atoms with Crippen LogP contribution in [0.2, 0.25) is 0 Å². The Morgan fingerprint density at radius 2 is 1.20 bits per heavy atom. The lowest BCUT2D eigenvalue weighted by molar-refractivity contribution is 0.129. The molecule has 0 amide bonds. The molecule has 2 rings (SSSR count). The van der Waals surface area contributed by atoms with Gasteiger partial charge in [0, 0.05) is 10.5 Å². The van der Waals surface area contributed by atoms with Crippen LogP contribution in [0.3, 0.4) is 0 Å². The van der Waals surface area contributed by atoms with Crippen LogP contribution >= 0.6 is 11.8 Å². The van der Waals surface area contributed by atoms with E-state index in [9.17, 15) is 10.2 Å². The molecule has 2 aliphatic rings. The van der Waals surface area contributed by atoms with E-state index in [1.165, 1.54) is 25.7 Å². The van der Waals surface area contributed by atoms with Gasteiger partial charge in [0.1, 0.15) is 0 Å². The topological polar surface area (TPSA) is 40.5 Å². The highest BCUT2D eigenvalue weighted by Crippen LogP contribution is 2.37. The van der Waals surface area contributed by atoms with Gasteiger partial charge in [-0.3, -0.25) is 0 Å². The summed E-state index contributed by atoms with van der Waals surface area (Å²) in [6.07, 6.45) is 8.66. The average molecular weight is 230 g/mol. The quantitative estimate of drug-likeness (QED) is 0.765. The van der Waals surface area contributed by atoms with Crippen LogP contribution in [0, 0.1) is 0 Å². The highest BCUT2D eigenvalue weighted by atomic mass is 32.2. The molecule has 4 atom stereocenters. The molecule has 0 radical (unpaired) electrons. The Kier molecular flexibility index (Phi) is 4.35. The van der Waals surface area contributed by atoms with Gasteiger partial charge < -0.3 is 10.2 Å². The summed E-state index contributed by atoms with van der Waals surface area (Å²) >= 11 is 2.03. The van der Waals surface area contributed by atoms with Gasteiger partial charge in [0.2, 0.25) is 0 Å². The Morgan fingerprint density at radius 1 is 0.733 bits per heavy atom. The summed E-state index contributed by atoms with van der Waals surface area (Å²) in [5.74, 6) is 0. The maximum absolute atomic E-state index is 9.60. The summed E-state index contributed by atoms with van der Waals surface area (Å²) in [7, 11) is 0. The molecule has 0 aromatic heterocycles. The van der Waals surface area contributed by atoms with Gasteiger partial charge in [0.05, 0.1) is 12.2 Å². The average Bonchev–Trinajstić information content (AvgIpc) is 2.17. The summed E-state index contributed by atoms with van der Waals surface area (Å²) in [4.78, 5) is 0. The molecule has 4 unspecified atom stereocenters. The fraction of sp³-hybridized carbons (Fsp3) is 1.00. The van der Waals surface area contributed by atoms with Crippen molar-refractivity contribution in [1.29, 1.82) is 0 Å². The number of thioether (sulfide) groups is 1. The molecular weight excluding hydrogens is 208 g/mol. The number of hydrogen-bond donors (Lipinski definition) is 2. The number of hydrogen-bond acceptors (Lipinski definition) is 3. The van der Waals surface area contributed by atoms with Crippen molar-refractivity contribution in [3.8, 4) is 0 Å². The smallest absolute Gasteiger partial charge is 0.0550 e. The molecule has 0 aliphatic heterocycles. The molecule has 2 aliphatic carbocycles. The summed E-state index contributed by atoms with van der Waals surface area (Å²) in [6, 6.07) is 0. The molecule has 88 valence electrons. The number of rotatable bonds is 2. The Morgan fingerprint density at radius 3 is 1.60 bits per heavy atom. The SMILES string of the molecule is OC1CCCC(SC2CCCC(O)C2)C1. The van der Waals surface area contributed by atoms with Gasteiger partial charge in [-0.25, -0.2) is 0 Å². The van der Waals surface area contributed by atoms with Crippen LogP contribution in [0.25, 0.3) is 0 Å². The minimum absolute atomic E-state index is 0.0650. The van der Waals surface area contributed by atoms with E-state index in [0.717, 1.165) is 25.7 Å².